The number of carbonyl (C=O) groups excluding carboxylic acids is 12. The van der Waals surface area contributed by atoms with Crippen LogP contribution in [0.4, 0.5) is 9.59 Å². The van der Waals surface area contributed by atoms with Gasteiger partial charge < -0.3 is 51.2 Å². The van der Waals surface area contributed by atoms with Crippen LogP contribution in [0.5, 0.6) is 0 Å². The van der Waals surface area contributed by atoms with Crippen LogP contribution in [0.3, 0.4) is 0 Å². The Balaban J connectivity index is 0. The summed E-state index contributed by atoms with van der Waals surface area (Å²) in [5, 5.41) is 47.6. The third-order valence-corrected chi connectivity index (χ3v) is 16.0. The quantitative estimate of drug-likeness (QED) is 0.0225. The number of carboxylic acids is 4. The number of ketones is 4. The van der Waals surface area contributed by atoms with Crippen molar-refractivity contribution in [2.45, 2.75) is 244 Å². The Morgan fingerprint density at radius 3 is 1.15 bits per heavy atom. The van der Waals surface area contributed by atoms with E-state index in [1.54, 1.807) is 24.4 Å². The third kappa shape index (κ3) is 53.2. The second-order valence-electron chi connectivity index (χ2n) is 23.2. The zero-order chi connectivity index (χ0) is 73.7. The van der Waals surface area contributed by atoms with Crippen LogP contribution in [0.1, 0.15) is 253 Å². The average molecular weight is 1510 g/mol. The molecule has 0 aliphatic rings. The van der Waals surface area contributed by atoms with Gasteiger partial charge in [-0.25, -0.2) is 19.2 Å². The topological polar surface area (TPSA) is 434 Å². The minimum atomic E-state index is -1.09. The predicted molar refractivity (Wildman–Crippen MR) is 363 cm³/mol. The Morgan fingerprint density at radius 1 is 0.429 bits per heavy atom. The summed E-state index contributed by atoms with van der Waals surface area (Å²) in [4.78, 5) is 179. The summed E-state index contributed by atoms with van der Waals surface area (Å²) in [6.07, 6.45) is 21.4. The van der Waals surface area contributed by atoms with Gasteiger partial charge in [-0.1, -0.05) is 106 Å². The first-order chi connectivity index (χ1) is 46.9. The number of pyridine rings is 1. The van der Waals surface area contributed by atoms with Gasteiger partial charge in [-0.3, -0.25) is 43.3 Å². The van der Waals surface area contributed by atoms with Crippen molar-refractivity contribution < 1.29 is 107 Å². The van der Waals surface area contributed by atoms with Gasteiger partial charge in [0.05, 0.1) is 25.0 Å². The fraction of sp³-hybridized carbons (Fsp3) is 0.638. The average Bonchev–Trinajstić information content (AvgIpc) is 1.01. The van der Waals surface area contributed by atoms with Gasteiger partial charge in [-0.15, -0.1) is 0 Å². The van der Waals surface area contributed by atoms with E-state index >= 15 is 0 Å². The molecule has 4 atom stereocenters. The van der Waals surface area contributed by atoms with Gasteiger partial charge in [-0.2, -0.15) is 19.2 Å². The first-order valence-corrected chi connectivity index (χ1v) is 35.2. The molecule has 548 valence electrons. The van der Waals surface area contributed by atoms with E-state index in [0.717, 1.165) is 66.7 Å². The highest BCUT2D eigenvalue weighted by Crippen LogP contribution is 2.22. The number of benzene rings is 1. The molecule has 0 bridgehead atoms. The summed E-state index contributed by atoms with van der Waals surface area (Å²) >= 11 is 6.65. The van der Waals surface area contributed by atoms with Crippen molar-refractivity contribution in [1.82, 2.24) is 26.3 Å². The van der Waals surface area contributed by atoms with E-state index in [2.05, 4.69) is 58.1 Å². The van der Waals surface area contributed by atoms with Crippen LogP contribution in [0.25, 0.3) is 0 Å². The van der Waals surface area contributed by atoms with Crippen molar-refractivity contribution >= 4 is 115 Å². The van der Waals surface area contributed by atoms with E-state index in [1.165, 1.54) is 6.20 Å². The zero-order valence-electron chi connectivity index (χ0n) is 56.6. The molecule has 1 aromatic carbocycles. The number of hydrogen-bond acceptors (Lipinski definition) is 19. The van der Waals surface area contributed by atoms with Gasteiger partial charge in [0.25, 0.3) is 0 Å². The molecule has 2 rings (SSSR count). The fourth-order valence-electron chi connectivity index (χ4n) is 9.73. The molecule has 1 aromatic heterocycles. The van der Waals surface area contributed by atoms with Crippen molar-refractivity contribution in [3.63, 3.8) is 0 Å². The summed E-state index contributed by atoms with van der Waals surface area (Å²) in [7, 11) is 0. The lowest BCUT2D eigenvalue weighted by Gasteiger charge is -2.13. The molecule has 0 saturated heterocycles. The third-order valence-electron chi connectivity index (χ3n) is 15.1. The van der Waals surface area contributed by atoms with Crippen LogP contribution >= 0.6 is 31.9 Å². The Morgan fingerprint density at radius 2 is 0.786 bits per heavy atom. The van der Waals surface area contributed by atoms with Crippen LogP contribution in [0.2, 0.25) is 0 Å². The highest BCUT2D eigenvalue weighted by Gasteiger charge is 2.24. The smallest absolute Gasteiger partial charge is 0.407 e. The molecule has 0 spiro atoms. The zero-order valence-corrected chi connectivity index (χ0v) is 59.7. The van der Waals surface area contributed by atoms with Crippen molar-refractivity contribution in [2.75, 3.05) is 26.3 Å². The number of aromatic nitrogens is 1. The van der Waals surface area contributed by atoms with Crippen LogP contribution in [0.15, 0.2) is 51.7 Å². The van der Waals surface area contributed by atoms with Crippen molar-refractivity contribution in [2.24, 2.45) is 11.8 Å². The molecule has 98 heavy (non-hydrogen) atoms. The van der Waals surface area contributed by atoms with Crippen LogP contribution in [0, 0.1) is 11.8 Å². The number of Topliss-reactive ketones (excluding diaryl/α,β-unsaturated/α-hetero) is 4. The molecule has 27 nitrogen and oxygen atoms in total. The molecular formula is C69H101Br2N5O22. The van der Waals surface area contributed by atoms with E-state index in [1.807, 2.05) is 26.0 Å². The number of ether oxygens (including phenoxy) is 2. The maximum Gasteiger partial charge on any atom is 0.407 e. The molecule has 0 fully saturated rings. The van der Waals surface area contributed by atoms with Gasteiger partial charge in [0.15, 0.2) is 11.6 Å². The lowest BCUT2D eigenvalue weighted by Crippen LogP contribution is -2.41. The predicted octanol–water partition coefficient (Wildman–Crippen LogP) is 11.9. The molecular weight excluding hydrogens is 1410 g/mol. The Bertz CT molecular complexity index is 2750. The van der Waals surface area contributed by atoms with Crippen molar-refractivity contribution in [1.29, 1.82) is 0 Å². The summed E-state index contributed by atoms with van der Waals surface area (Å²) in [5.74, 6) is -5.64. The number of rotatable bonds is 54. The first kappa shape index (κ1) is 92.2. The molecule has 4 amide bonds. The number of nitrogens with zero attached hydrogens (tertiary/aromatic N) is 1. The van der Waals surface area contributed by atoms with E-state index in [9.17, 15) is 67.7 Å². The van der Waals surface area contributed by atoms with Gasteiger partial charge >= 0.3 is 48.4 Å². The van der Waals surface area contributed by atoms with E-state index < -0.39 is 60.0 Å². The lowest BCUT2D eigenvalue weighted by atomic mass is 9.93. The van der Waals surface area contributed by atoms with Crippen LogP contribution in [-0.2, 0) is 67.0 Å². The summed E-state index contributed by atoms with van der Waals surface area (Å²) in [6.45, 7) is 5.05. The molecule has 0 aliphatic carbocycles. The second kappa shape index (κ2) is 61.5. The number of amides is 4. The number of carboxylic acid groups (broad SMARTS) is 4. The van der Waals surface area contributed by atoms with E-state index in [4.69, 9.17) is 38.9 Å². The molecule has 1 heterocycles. The largest absolute Gasteiger partial charge is 0.481 e. The second-order valence-corrected chi connectivity index (χ2v) is 25.1. The van der Waals surface area contributed by atoms with E-state index in [0.29, 0.717) is 172 Å². The van der Waals surface area contributed by atoms with Crippen LogP contribution in [-0.4, -0.2) is 147 Å². The highest BCUT2D eigenvalue weighted by molar-refractivity contribution is 9.10. The molecule has 8 N–H and O–H groups in total. The van der Waals surface area contributed by atoms with Gasteiger partial charge in [0.2, 0.25) is 11.8 Å². The Kier molecular flexibility index (Phi) is 57.8. The normalized spacial score (nSPS) is 11.6. The summed E-state index contributed by atoms with van der Waals surface area (Å²) < 4.78 is 11.7. The van der Waals surface area contributed by atoms with Gasteiger partial charge in [-0.05, 0) is 137 Å². The Labute approximate surface area is 590 Å². The number of hydrogen-bond donors (Lipinski definition) is 8. The SMILES string of the molecule is CCC[C@H](NC(=O)OCCCCCNC(=O)CCCCCCC(=O)CC(CCCCCC(=O)c1ccc([80Br])cc1)C(=O)O)C(=O)O.CCC[C@H](NC(=O)OCCCCCNC(=O)CCCCCCC(=O)CC(CCCCCC(=O)c1cncc([80Br])c1)C(=O)O)C(=O)O.O=C=O.O=C=O. The number of halogens is 2. The molecule has 0 saturated carbocycles. The van der Waals surface area contributed by atoms with Crippen LogP contribution < -0.4 is 21.3 Å². The highest BCUT2D eigenvalue weighted by atomic mass is 79.9. The van der Waals surface area contributed by atoms with Crippen molar-refractivity contribution in [3.8, 4) is 0 Å². The molecule has 29 heteroatoms. The molecule has 2 unspecified atom stereocenters. The number of unbranched alkanes of at least 4 members (excludes halogenated alkanes) is 14. The molecule has 2 aromatic rings. The number of alkyl carbamates (subject to hydrolysis) is 2. The van der Waals surface area contributed by atoms with Gasteiger partial charge in [0.1, 0.15) is 23.7 Å². The summed E-state index contributed by atoms with van der Waals surface area (Å²) in [6, 6.07) is 7.04. The lowest BCUT2D eigenvalue weighted by molar-refractivity contribution is -0.193. The molecule has 0 radical (unpaired) electrons. The molecule has 0 aliphatic heterocycles. The van der Waals surface area contributed by atoms with Gasteiger partial charge in [0, 0.05) is 96.9 Å². The van der Waals surface area contributed by atoms with E-state index in [-0.39, 0.29) is 73.3 Å². The number of aliphatic carboxylic acids is 4. The standard InChI is InChI=1S/C34H51BrN2O9.C33H50BrN3O9.2CO2/c1-2-13-29(33(43)44)37-34(45)46-23-12-6-11-22-36-31(40)17-10-4-3-8-15-28(38)24-26(32(41)42)14-7-5-9-16-30(39)25-18-20-27(35)21-19-25;1-2-13-28(32(43)44)37-33(45)46-19-12-6-11-18-36-30(40)17-10-4-3-8-15-27(38)21-24(31(41)42)14-7-5-9-16-29(39)25-20-26(34)23-35-22-25;2*2-1-3/h18-21,26,29H,2-17,22-24H2,1H3,(H,36,40)(H,37,45)(H,41,42)(H,43,44);20,22-24,28H,2-19,21H2,1H3,(H,36,40)(H,37,45)(H,41,42)(H,43,44);;/t26?,29-;24?,28-;;/m00../s1/i35+0;34+0;;. The fourth-order valence-corrected chi connectivity index (χ4v) is 10.4. The van der Waals surface area contributed by atoms with Crippen molar-refractivity contribution in [3.05, 3.63) is 62.8 Å². The maximum atomic E-state index is 12.4. The summed E-state index contributed by atoms with van der Waals surface area (Å²) in [5.41, 5.74) is 1.21. The maximum absolute atomic E-state index is 12.4. The number of carbonyl (C=O) groups is 12. The number of nitrogens with one attached hydrogen (secondary N) is 4. The minimum absolute atomic E-state index is 0.000321. The first-order valence-electron chi connectivity index (χ1n) is 33.6. The monoisotopic (exact) mass is 1510 g/mol. The minimum Gasteiger partial charge on any atom is -0.481 e. The Hall–Kier alpha value is -7.87.